The first kappa shape index (κ1) is 36.4. The fraction of sp³-hybridized carbons (Fsp3) is 0.0732. The monoisotopic (exact) mass is 800 g/mol. The lowest BCUT2D eigenvalue weighted by Gasteiger charge is -2.49. The maximum atomic E-state index is 15.1. The Kier molecular flexibility index (Phi) is 9.28. The zero-order valence-corrected chi connectivity index (χ0v) is 31.1. The minimum atomic E-state index is -2.02. The van der Waals surface area contributed by atoms with E-state index in [9.17, 15) is 20.2 Å². The van der Waals surface area contributed by atoms with Gasteiger partial charge in [-0.15, -0.1) is 0 Å². The second-order valence-corrected chi connectivity index (χ2v) is 14.5. The number of carbonyl (C=O) groups excluding carboxylic acids is 2. The predicted molar refractivity (Wildman–Crippen MR) is 215 cm³/mol. The summed E-state index contributed by atoms with van der Waals surface area (Å²) in [5, 5.41) is 34.8. The van der Waals surface area contributed by atoms with Crippen LogP contribution in [0.4, 0.5) is 11.4 Å². The van der Waals surface area contributed by atoms with Gasteiger partial charge in [0.05, 0.1) is 26.9 Å². The lowest BCUT2D eigenvalue weighted by Crippen LogP contribution is -2.67. The van der Waals surface area contributed by atoms with Crippen molar-refractivity contribution in [3.8, 4) is 16.9 Å². The summed E-state index contributed by atoms with van der Waals surface area (Å²) in [6, 6.07) is 34.7. The lowest BCUT2D eigenvalue weighted by atomic mass is 9.52. The van der Waals surface area contributed by atoms with Crippen LogP contribution in [0.3, 0.4) is 0 Å². The Morgan fingerprint density at radius 1 is 0.696 bits per heavy atom. The number of rotatable bonds is 7. The van der Waals surface area contributed by atoms with Crippen LogP contribution in [0, 0.1) is 25.6 Å². The number of amides is 2. The molecule has 2 N–H and O–H groups in total. The fourth-order valence-electron chi connectivity index (χ4n) is 7.75. The summed E-state index contributed by atoms with van der Waals surface area (Å²) in [4.78, 5) is 52.7. The van der Waals surface area contributed by atoms with Crippen molar-refractivity contribution < 1.29 is 19.4 Å². The highest BCUT2D eigenvalue weighted by molar-refractivity contribution is 7.80. The summed E-state index contributed by atoms with van der Waals surface area (Å²) in [5.74, 6) is -3.53. The number of hydrogen-bond donors (Lipinski definition) is 2. The smallest absolute Gasteiger partial charge is 0.269 e. The van der Waals surface area contributed by atoms with Crippen LogP contribution >= 0.6 is 35.4 Å². The molecule has 1 aliphatic heterocycles. The van der Waals surface area contributed by atoms with E-state index in [0.717, 1.165) is 0 Å². The van der Waals surface area contributed by atoms with Gasteiger partial charge in [0.2, 0.25) is 11.8 Å². The number of hydrogen-bond acceptors (Lipinski definition) is 8. The molecule has 0 bridgehead atoms. The number of thiocarbonyl (C=S) groups is 1. The zero-order chi connectivity index (χ0) is 39.3. The van der Waals surface area contributed by atoms with Crippen LogP contribution < -0.4 is 10.6 Å². The van der Waals surface area contributed by atoms with Gasteiger partial charge in [-0.25, -0.2) is 4.68 Å². The van der Waals surface area contributed by atoms with E-state index < -0.39 is 38.9 Å². The molecule has 6 aromatic rings. The summed E-state index contributed by atoms with van der Waals surface area (Å²) in [6.45, 7) is 0. The van der Waals surface area contributed by atoms with Crippen LogP contribution in [0.15, 0.2) is 127 Å². The molecule has 15 heteroatoms. The molecule has 2 unspecified atom stereocenters. The molecule has 2 aliphatic rings. The van der Waals surface area contributed by atoms with Gasteiger partial charge in [-0.1, -0.05) is 65.7 Å². The molecular formula is C41H26Cl2N6O6S. The highest BCUT2D eigenvalue weighted by atomic mass is 35.5. The molecule has 2 heterocycles. The molecule has 12 nitrogen and oxygen atoms in total. The van der Waals surface area contributed by atoms with Gasteiger partial charge < -0.3 is 10.6 Å². The van der Waals surface area contributed by atoms with Gasteiger partial charge in [0.15, 0.2) is 10.5 Å². The largest absolute Gasteiger partial charge is 0.302 e. The SMILES string of the molecule is O=C1NC(=S)NC(=O)C12C(c1ccc(Cl)cc1)/C(=C/c1ccc([N+](=O)[O-])cc1)c1nn(-c3ccccc3)c(-c3ccc([N+](=O)[O-])cc3)c1C2c1ccc(Cl)cc1. The van der Waals surface area contributed by atoms with Gasteiger partial charge >= 0.3 is 0 Å². The highest BCUT2D eigenvalue weighted by Crippen LogP contribution is 2.63. The lowest BCUT2D eigenvalue weighted by molar-refractivity contribution is -0.385. The van der Waals surface area contributed by atoms with Crippen molar-refractivity contribution in [3.05, 3.63) is 186 Å². The molecule has 1 fully saturated rings. The third kappa shape index (κ3) is 6.11. The predicted octanol–water partition coefficient (Wildman–Crippen LogP) is 8.65. The van der Waals surface area contributed by atoms with E-state index in [4.69, 9.17) is 40.5 Å². The average Bonchev–Trinajstić information content (AvgIpc) is 3.59. The van der Waals surface area contributed by atoms with Crippen molar-refractivity contribution in [1.29, 1.82) is 0 Å². The van der Waals surface area contributed by atoms with Gasteiger partial charge in [-0.2, -0.15) is 5.10 Å². The molecule has 2 atom stereocenters. The molecule has 56 heavy (non-hydrogen) atoms. The minimum absolute atomic E-state index is 0.127. The van der Waals surface area contributed by atoms with E-state index in [-0.39, 0.29) is 16.5 Å². The Morgan fingerprint density at radius 2 is 1.20 bits per heavy atom. The normalized spacial score (nSPS) is 18.0. The van der Waals surface area contributed by atoms with E-state index in [1.54, 1.807) is 83.6 Å². The van der Waals surface area contributed by atoms with Gasteiger partial charge in [-0.3, -0.25) is 29.8 Å². The number of nitro benzene ring substituents is 2. The number of non-ortho nitro benzene ring substituents is 2. The number of para-hydroxylation sites is 1. The van der Waals surface area contributed by atoms with Crippen molar-refractivity contribution >= 4 is 75.4 Å². The summed E-state index contributed by atoms with van der Waals surface area (Å²) >= 11 is 18.2. The van der Waals surface area contributed by atoms with Crippen molar-refractivity contribution in [2.24, 2.45) is 5.41 Å². The molecule has 5 aromatic carbocycles. The van der Waals surface area contributed by atoms with Crippen LogP contribution in [0.5, 0.6) is 0 Å². The molecule has 2 amide bonds. The van der Waals surface area contributed by atoms with Crippen LogP contribution in [-0.4, -0.2) is 36.6 Å². The maximum Gasteiger partial charge on any atom is 0.269 e. The number of halogens is 2. The van der Waals surface area contributed by atoms with E-state index >= 15 is 9.59 Å². The number of carbonyl (C=O) groups is 2. The first-order valence-corrected chi connectivity index (χ1v) is 18.2. The molecule has 1 aromatic heterocycles. The number of fused-ring (bicyclic) bond motifs is 1. The number of nitrogens with zero attached hydrogens (tertiary/aromatic N) is 4. The number of aromatic nitrogens is 2. The van der Waals surface area contributed by atoms with E-state index in [0.29, 0.717) is 60.5 Å². The van der Waals surface area contributed by atoms with Gasteiger partial charge in [0.25, 0.3) is 11.4 Å². The van der Waals surface area contributed by atoms with E-state index in [1.807, 2.05) is 30.3 Å². The quantitative estimate of drug-likeness (QED) is 0.0702. The van der Waals surface area contributed by atoms with Crippen LogP contribution in [0.2, 0.25) is 10.0 Å². The maximum absolute atomic E-state index is 15.1. The highest BCUT2D eigenvalue weighted by Gasteiger charge is 2.65. The molecule has 1 spiro atoms. The molecule has 0 radical (unpaired) electrons. The summed E-state index contributed by atoms with van der Waals surface area (Å²) in [7, 11) is 0. The molecule has 276 valence electrons. The number of benzene rings is 5. The average molecular weight is 802 g/mol. The first-order chi connectivity index (χ1) is 27.0. The minimum Gasteiger partial charge on any atom is -0.302 e. The second-order valence-electron chi connectivity index (χ2n) is 13.2. The van der Waals surface area contributed by atoms with Gasteiger partial charge in [0, 0.05) is 57.3 Å². The standard InChI is InChI=1S/C41H26Cl2N6O6S/c42-27-14-8-24(9-15-27)34-32(22-23-6-18-30(19-7-23)48(52)53)36-33(35(25-10-16-28(43)17-11-25)41(34)38(50)44-40(56)45-39(41)51)37(26-12-20-31(21-13-26)49(54)55)47(46-36)29-4-2-1-3-5-29/h1-22,34-35H,(H2,44,45,50,51,56)/b32-22-. The molecular weight excluding hydrogens is 775 g/mol. The first-order valence-electron chi connectivity index (χ1n) is 17.0. The second kappa shape index (κ2) is 14.3. The third-order valence-corrected chi connectivity index (χ3v) is 10.8. The zero-order valence-electron chi connectivity index (χ0n) is 28.8. The summed E-state index contributed by atoms with van der Waals surface area (Å²) in [6.07, 6.45) is 1.76. The van der Waals surface area contributed by atoms with Gasteiger partial charge in [0.1, 0.15) is 0 Å². The van der Waals surface area contributed by atoms with E-state index in [1.165, 1.54) is 24.3 Å². The summed E-state index contributed by atoms with van der Waals surface area (Å²) in [5.41, 5.74) is 2.19. The van der Waals surface area contributed by atoms with Gasteiger partial charge in [-0.05, 0) is 101 Å². The third-order valence-electron chi connectivity index (χ3n) is 10.1. The summed E-state index contributed by atoms with van der Waals surface area (Å²) < 4.78 is 1.69. The molecule has 1 saturated heterocycles. The molecule has 1 aliphatic carbocycles. The number of allylic oxidation sites excluding steroid dienone is 1. The number of nitrogens with one attached hydrogen (secondary N) is 2. The Hall–Kier alpha value is -6.54. The van der Waals surface area contributed by atoms with Crippen LogP contribution in [0.1, 0.15) is 39.8 Å². The molecule has 8 rings (SSSR count). The van der Waals surface area contributed by atoms with E-state index in [2.05, 4.69) is 10.6 Å². The topological polar surface area (TPSA) is 162 Å². The van der Waals surface area contributed by atoms with Crippen molar-refractivity contribution in [2.45, 2.75) is 11.8 Å². The van der Waals surface area contributed by atoms with Crippen LogP contribution in [-0.2, 0) is 9.59 Å². The Bertz CT molecular complexity index is 2590. The van der Waals surface area contributed by atoms with Crippen molar-refractivity contribution in [2.75, 3.05) is 0 Å². The Balaban J connectivity index is 1.57. The fourth-order valence-corrected chi connectivity index (χ4v) is 8.18. The van der Waals surface area contributed by atoms with Crippen molar-refractivity contribution in [1.82, 2.24) is 20.4 Å². The van der Waals surface area contributed by atoms with Crippen LogP contribution in [0.25, 0.3) is 28.6 Å². The molecule has 0 saturated carbocycles. The van der Waals surface area contributed by atoms with Crippen molar-refractivity contribution in [3.63, 3.8) is 0 Å². The number of nitro groups is 2. The Labute approximate surface area is 333 Å². The Morgan fingerprint density at radius 3 is 1.71 bits per heavy atom.